The van der Waals surface area contributed by atoms with Gasteiger partial charge in [-0.05, 0) is 57.0 Å². The minimum atomic E-state index is -0.0120. The van der Waals surface area contributed by atoms with Gasteiger partial charge in [-0.25, -0.2) is 0 Å². The summed E-state index contributed by atoms with van der Waals surface area (Å²) < 4.78 is 6.31. The first kappa shape index (κ1) is 16.5. The van der Waals surface area contributed by atoms with Crippen molar-refractivity contribution in [1.82, 2.24) is 14.9 Å². The zero-order valence-corrected chi connectivity index (χ0v) is 14.8. The van der Waals surface area contributed by atoms with Crippen LogP contribution in [0.15, 0.2) is 42.7 Å². The largest absolute Gasteiger partial charge is 0.379 e. The summed E-state index contributed by atoms with van der Waals surface area (Å²) in [6.07, 6.45) is 7.07. The highest BCUT2D eigenvalue weighted by atomic mass is 16.5. The normalized spacial score (nSPS) is 26.8. The summed E-state index contributed by atoms with van der Waals surface area (Å²) in [5, 5.41) is 3.57. The van der Waals surface area contributed by atoms with Gasteiger partial charge in [0.25, 0.3) is 0 Å². The average molecular weight is 338 g/mol. The molecule has 0 aliphatic carbocycles. The second-order valence-electron chi connectivity index (χ2n) is 7.37. The molecule has 2 unspecified atom stereocenters. The van der Waals surface area contributed by atoms with E-state index in [4.69, 9.17) is 4.74 Å². The monoisotopic (exact) mass is 338 g/mol. The van der Waals surface area contributed by atoms with Crippen LogP contribution in [0.1, 0.15) is 30.7 Å². The van der Waals surface area contributed by atoms with Crippen molar-refractivity contribution in [3.8, 4) is 0 Å². The van der Waals surface area contributed by atoms with E-state index in [2.05, 4.69) is 51.4 Å². The summed E-state index contributed by atoms with van der Waals surface area (Å²) in [7, 11) is 0. The molecule has 4 rings (SSSR count). The van der Waals surface area contributed by atoms with Crippen molar-refractivity contribution in [2.75, 3.05) is 25.0 Å². The first-order valence-corrected chi connectivity index (χ1v) is 9.16. The van der Waals surface area contributed by atoms with Crippen LogP contribution >= 0.6 is 0 Å². The van der Waals surface area contributed by atoms with Crippen LogP contribution in [0.3, 0.4) is 0 Å². The van der Waals surface area contributed by atoms with Gasteiger partial charge in [-0.15, -0.1) is 0 Å². The van der Waals surface area contributed by atoms with Crippen LogP contribution in [0.2, 0.25) is 0 Å². The second kappa shape index (κ2) is 7.10. The summed E-state index contributed by atoms with van der Waals surface area (Å²) in [4.78, 5) is 11.3. The predicted molar refractivity (Wildman–Crippen MR) is 98.4 cm³/mol. The second-order valence-corrected chi connectivity index (χ2v) is 7.37. The highest BCUT2D eigenvalue weighted by molar-refractivity contribution is 5.41. The van der Waals surface area contributed by atoms with Gasteiger partial charge in [0.05, 0.1) is 29.6 Å². The fourth-order valence-corrected chi connectivity index (χ4v) is 4.15. The molecule has 1 spiro atoms. The number of pyridine rings is 2. The Morgan fingerprint density at radius 3 is 3.12 bits per heavy atom. The molecule has 25 heavy (non-hydrogen) atoms. The molecule has 5 nitrogen and oxygen atoms in total. The number of aryl methyl sites for hydroxylation is 1. The Morgan fingerprint density at radius 2 is 2.28 bits per heavy atom. The molecule has 2 aliphatic rings. The van der Waals surface area contributed by atoms with Gasteiger partial charge in [-0.2, -0.15) is 0 Å². The van der Waals surface area contributed by atoms with E-state index in [9.17, 15) is 0 Å². The van der Waals surface area contributed by atoms with Crippen molar-refractivity contribution in [2.45, 2.75) is 44.4 Å². The van der Waals surface area contributed by atoms with Gasteiger partial charge < -0.3 is 10.1 Å². The molecule has 1 N–H and O–H groups in total. The number of piperidine rings is 1. The van der Waals surface area contributed by atoms with Gasteiger partial charge >= 0.3 is 0 Å². The molecule has 2 aliphatic heterocycles. The molecule has 2 aromatic heterocycles. The Bertz CT molecular complexity index is 708. The highest BCUT2D eigenvalue weighted by Crippen LogP contribution is 2.36. The van der Waals surface area contributed by atoms with Crippen molar-refractivity contribution < 1.29 is 4.74 Å². The predicted octanol–water partition coefficient (Wildman–Crippen LogP) is 3.02. The van der Waals surface area contributed by atoms with Crippen molar-refractivity contribution in [1.29, 1.82) is 0 Å². The fourth-order valence-electron chi connectivity index (χ4n) is 4.15. The first-order chi connectivity index (χ1) is 12.2. The summed E-state index contributed by atoms with van der Waals surface area (Å²) in [5.41, 5.74) is 3.30. The Balaban J connectivity index is 1.37. The lowest BCUT2D eigenvalue weighted by molar-refractivity contribution is -0.0535. The maximum absolute atomic E-state index is 6.31. The molecule has 132 valence electrons. The minimum Gasteiger partial charge on any atom is -0.379 e. The summed E-state index contributed by atoms with van der Waals surface area (Å²) >= 11 is 0. The molecular weight excluding hydrogens is 312 g/mol. The molecule has 2 atom stereocenters. The van der Waals surface area contributed by atoms with Gasteiger partial charge in [0.1, 0.15) is 0 Å². The number of hydrogen-bond donors (Lipinski definition) is 1. The van der Waals surface area contributed by atoms with Crippen LogP contribution in [0.5, 0.6) is 0 Å². The van der Waals surface area contributed by atoms with Gasteiger partial charge in [0.2, 0.25) is 0 Å². The van der Waals surface area contributed by atoms with Crippen LogP contribution in [0, 0.1) is 6.92 Å². The number of aromatic nitrogens is 2. The van der Waals surface area contributed by atoms with Gasteiger partial charge in [-0.3, -0.25) is 14.9 Å². The topological polar surface area (TPSA) is 50.3 Å². The Labute approximate surface area is 149 Å². The number of hydrogen-bond acceptors (Lipinski definition) is 5. The molecule has 5 heteroatoms. The van der Waals surface area contributed by atoms with E-state index in [1.54, 1.807) is 6.20 Å². The Morgan fingerprint density at radius 1 is 1.32 bits per heavy atom. The molecule has 0 amide bonds. The van der Waals surface area contributed by atoms with E-state index in [1.807, 2.05) is 12.3 Å². The highest BCUT2D eigenvalue weighted by Gasteiger charge is 2.43. The van der Waals surface area contributed by atoms with E-state index in [0.29, 0.717) is 6.04 Å². The van der Waals surface area contributed by atoms with E-state index in [0.717, 1.165) is 56.2 Å². The van der Waals surface area contributed by atoms with Gasteiger partial charge in [0, 0.05) is 31.2 Å². The van der Waals surface area contributed by atoms with Crippen molar-refractivity contribution in [2.24, 2.45) is 0 Å². The smallest absolute Gasteiger partial charge is 0.0830 e. The van der Waals surface area contributed by atoms with Crippen molar-refractivity contribution in [3.63, 3.8) is 0 Å². The van der Waals surface area contributed by atoms with Crippen LogP contribution in [-0.4, -0.2) is 46.2 Å². The first-order valence-electron chi connectivity index (χ1n) is 9.16. The number of nitrogens with one attached hydrogen (secondary N) is 1. The van der Waals surface area contributed by atoms with Crippen LogP contribution < -0.4 is 5.32 Å². The lowest BCUT2D eigenvalue weighted by Gasteiger charge is -2.39. The number of nitrogens with zero attached hydrogens (tertiary/aromatic N) is 3. The minimum absolute atomic E-state index is 0.0120. The molecule has 2 aromatic rings. The van der Waals surface area contributed by atoms with E-state index < -0.39 is 0 Å². The summed E-state index contributed by atoms with van der Waals surface area (Å²) in [6, 6.07) is 10.7. The fraction of sp³-hybridized carbons (Fsp3) is 0.500. The van der Waals surface area contributed by atoms with Crippen molar-refractivity contribution in [3.05, 3.63) is 54.1 Å². The molecule has 4 heterocycles. The third-order valence-corrected chi connectivity index (χ3v) is 5.19. The molecule has 2 fully saturated rings. The lowest BCUT2D eigenvalue weighted by Crippen LogP contribution is -2.47. The summed E-state index contributed by atoms with van der Waals surface area (Å²) in [6.45, 7) is 5.85. The maximum Gasteiger partial charge on any atom is 0.0830 e. The third-order valence-electron chi connectivity index (χ3n) is 5.19. The average Bonchev–Trinajstić information content (AvgIpc) is 2.97. The Hall–Kier alpha value is -1.98. The van der Waals surface area contributed by atoms with E-state index >= 15 is 0 Å². The Kier molecular flexibility index (Phi) is 4.68. The van der Waals surface area contributed by atoms with Crippen LogP contribution in [0.25, 0.3) is 0 Å². The van der Waals surface area contributed by atoms with E-state index in [1.165, 1.54) is 6.42 Å². The van der Waals surface area contributed by atoms with Crippen LogP contribution in [0.4, 0.5) is 5.69 Å². The third kappa shape index (κ3) is 3.99. The van der Waals surface area contributed by atoms with E-state index in [-0.39, 0.29) is 5.60 Å². The standard InChI is InChI=1S/C20H26N4O/c1-16-5-2-6-18(22-16)13-24-10-4-8-20(15-24)11-19(14-25-20)23-17-7-3-9-21-12-17/h2-3,5-7,9,12,19,23H,4,8,10-11,13-15H2,1H3. The number of rotatable bonds is 4. The molecule has 0 aromatic carbocycles. The zero-order chi connectivity index (χ0) is 17.1. The van der Waals surface area contributed by atoms with Crippen LogP contribution in [-0.2, 0) is 11.3 Å². The summed E-state index contributed by atoms with van der Waals surface area (Å²) in [5.74, 6) is 0. The quantitative estimate of drug-likeness (QED) is 0.929. The SMILES string of the molecule is Cc1cccc(CN2CCCC3(CC(Nc4cccnc4)CO3)C2)n1. The molecule has 0 saturated carbocycles. The van der Waals surface area contributed by atoms with Gasteiger partial charge in [0.15, 0.2) is 0 Å². The number of ether oxygens (including phenoxy) is 1. The lowest BCUT2D eigenvalue weighted by atomic mass is 9.88. The number of likely N-dealkylation sites (tertiary alicyclic amines) is 1. The molecular formula is C20H26N4O. The molecule has 2 saturated heterocycles. The zero-order valence-electron chi connectivity index (χ0n) is 14.8. The van der Waals surface area contributed by atoms with Gasteiger partial charge in [-0.1, -0.05) is 6.07 Å². The molecule has 0 radical (unpaired) electrons. The van der Waals surface area contributed by atoms with Crippen molar-refractivity contribution >= 4 is 5.69 Å². The number of anilines is 1. The molecule has 0 bridgehead atoms. The maximum atomic E-state index is 6.31.